The summed E-state index contributed by atoms with van der Waals surface area (Å²) < 4.78 is 17.4. The summed E-state index contributed by atoms with van der Waals surface area (Å²) in [5.41, 5.74) is 3.47. The first-order valence-electron chi connectivity index (χ1n) is 10.9. The van der Waals surface area contributed by atoms with Gasteiger partial charge in [-0.05, 0) is 40.8 Å². The highest BCUT2D eigenvalue weighted by atomic mass is 35.5. The van der Waals surface area contributed by atoms with Crippen molar-refractivity contribution in [2.24, 2.45) is 0 Å². The van der Waals surface area contributed by atoms with E-state index in [1.165, 1.54) is 0 Å². The number of ether oxygens (including phenoxy) is 3. The molecule has 8 heteroatoms. The van der Waals surface area contributed by atoms with Crippen LogP contribution in [0.15, 0.2) is 36.4 Å². The monoisotopic (exact) mass is 462 g/mol. The molecule has 2 aromatic carbocycles. The van der Waals surface area contributed by atoms with Crippen LogP contribution >= 0.6 is 11.6 Å². The Labute approximate surface area is 191 Å². The second-order valence-corrected chi connectivity index (χ2v) is 9.39. The summed E-state index contributed by atoms with van der Waals surface area (Å²) >= 11 is 6.47. The predicted octanol–water partition coefficient (Wildman–Crippen LogP) is 1.54. The maximum Gasteiger partial charge on any atom is 0.139 e. The van der Waals surface area contributed by atoms with Gasteiger partial charge in [0, 0.05) is 17.9 Å². The van der Waals surface area contributed by atoms with E-state index < -0.39 is 37.1 Å². The van der Waals surface area contributed by atoms with Gasteiger partial charge in [0.2, 0.25) is 0 Å². The molecule has 0 radical (unpaired) electrons. The van der Waals surface area contributed by atoms with E-state index in [4.69, 9.17) is 25.8 Å². The maximum absolute atomic E-state index is 10.5. The third-order valence-electron chi connectivity index (χ3n) is 6.72. The van der Waals surface area contributed by atoms with Crippen LogP contribution in [-0.2, 0) is 22.3 Å². The summed E-state index contributed by atoms with van der Waals surface area (Å²) in [5, 5.41) is 40.7. The van der Waals surface area contributed by atoms with Gasteiger partial charge in [-0.2, -0.15) is 0 Å². The molecule has 5 rings (SSSR count). The Morgan fingerprint density at radius 1 is 1.03 bits per heavy atom. The standard InChI is InChI=1S/C24H27ClO7/c25-17-3-2-14(23-22(29)21(28)20(27)19(11-26)31-23)9-15(17)7-13-1-4-18-16(8-13)10-24(32-18)5-6-30-12-24/h1-4,8-9,19-23,26-29H,5-7,10-12H2/t19-,20-,21+,22-,23+,24?/m1/s1. The van der Waals surface area contributed by atoms with Crippen LogP contribution < -0.4 is 4.74 Å². The third kappa shape index (κ3) is 3.92. The SMILES string of the molecule is OC[C@H]1O[C@@H](c2ccc(Cl)c(Cc3ccc4c(c3)CC3(CCOC3)O4)c2)[C@H](O)[C@@H](O)[C@@H]1O. The van der Waals surface area contributed by atoms with E-state index in [1.807, 2.05) is 18.2 Å². The smallest absolute Gasteiger partial charge is 0.139 e. The molecule has 32 heavy (non-hydrogen) atoms. The molecule has 2 fully saturated rings. The molecular formula is C24H27ClO7. The topological polar surface area (TPSA) is 109 Å². The zero-order valence-electron chi connectivity index (χ0n) is 17.5. The fourth-order valence-corrected chi connectivity index (χ4v) is 5.09. The fourth-order valence-electron chi connectivity index (χ4n) is 4.91. The van der Waals surface area contributed by atoms with Crippen molar-refractivity contribution in [2.75, 3.05) is 19.8 Å². The summed E-state index contributed by atoms with van der Waals surface area (Å²) in [5.74, 6) is 0.903. The van der Waals surface area contributed by atoms with E-state index in [0.29, 0.717) is 23.6 Å². The highest BCUT2D eigenvalue weighted by molar-refractivity contribution is 6.31. The molecule has 3 aliphatic heterocycles. The minimum absolute atomic E-state index is 0.234. The number of hydrogen-bond donors (Lipinski definition) is 4. The van der Waals surface area contributed by atoms with Gasteiger partial charge in [-0.3, -0.25) is 0 Å². The Morgan fingerprint density at radius 2 is 1.88 bits per heavy atom. The lowest BCUT2D eigenvalue weighted by atomic mass is 9.90. The molecule has 1 spiro atoms. The van der Waals surface area contributed by atoms with Gasteiger partial charge in [-0.25, -0.2) is 0 Å². The number of rotatable bonds is 4. The molecule has 0 bridgehead atoms. The second kappa shape index (κ2) is 8.57. The Bertz CT molecular complexity index is 988. The van der Waals surface area contributed by atoms with Crippen molar-refractivity contribution in [1.82, 2.24) is 0 Å². The van der Waals surface area contributed by atoms with E-state index in [9.17, 15) is 20.4 Å². The quantitative estimate of drug-likeness (QED) is 0.545. The lowest BCUT2D eigenvalue weighted by Crippen LogP contribution is -2.55. The number of benzene rings is 2. The predicted molar refractivity (Wildman–Crippen MR) is 116 cm³/mol. The van der Waals surface area contributed by atoms with Crippen molar-refractivity contribution in [2.45, 2.75) is 55.4 Å². The van der Waals surface area contributed by atoms with Crippen molar-refractivity contribution >= 4 is 11.6 Å². The van der Waals surface area contributed by atoms with Gasteiger partial charge in [0.05, 0.1) is 19.8 Å². The first-order valence-corrected chi connectivity index (χ1v) is 11.2. The molecule has 1 unspecified atom stereocenters. The number of aliphatic hydroxyl groups excluding tert-OH is 4. The molecule has 2 aromatic rings. The Hall–Kier alpha value is -1.71. The van der Waals surface area contributed by atoms with Gasteiger partial charge in [-0.15, -0.1) is 0 Å². The van der Waals surface area contributed by atoms with E-state index in [0.717, 1.165) is 41.9 Å². The minimum Gasteiger partial charge on any atom is -0.484 e. The van der Waals surface area contributed by atoms with Gasteiger partial charge >= 0.3 is 0 Å². The fraction of sp³-hybridized carbons (Fsp3) is 0.500. The molecule has 0 aromatic heterocycles. The molecule has 7 nitrogen and oxygen atoms in total. The molecule has 2 saturated heterocycles. The van der Waals surface area contributed by atoms with Crippen LogP contribution in [0.25, 0.3) is 0 Å². The maximum atomic E-state index is 10.5. The van der Waals surface area contributed by atoms with Gasteiger partial charge in [-0.1, -0.05) is 35.9 Å². The average molecular weight is 463 g/mol. The molecule has 0 aliphatic carbocycles. The van der Waals surface area contributed by atoms with E-state index in [2.05, 4.69) is 6.07 Å². The van der Waals surface area contributed by atoms with E-state index in [-0.39, 0.29) is 5.60 Å². The van der Waals surface area contributed by atoms with E-state index in [1.54, 1.807) is 12.1 Å². The van der Waals surface area contributed by atoms with Crippen LogP contribution in [0, 0.1) is 0 Å². The Morgan fingerprint density at radius 3 is 2.62 bits per heavy atom. The summed E-state index contributed by atoms with van der Waals surface area (Å²) in [6.07, 6.45) is -3.70. The molecule has 0 saturated carbocycles. The third-order valence-corrected chi connectivity index (χ3v) is 7.08. The van der Waals surface area contributed by atoms with E-state index >= 15 is 0 Å². The zero-order chi connectivity index (χ0) is 22.5. The summed E-state index contributed by atoms with van der Waals surface area (Å²) in [7, 11) is 0. The molecule has 6 atom stereocenters. The van der Waals surface area contributed by atoms with Crippen molar-refractivity contribution in [3.63, 3.8) is 0 Å². The van der Waals surface area contributed by atoms with Crippen LogP contribution in [0.3, 0.4) is 0 Å². The van der Waals surface area contributed by atoms with Gasteiger partial charge < -0.3 is 34.6 Å². The Balaban J connectivity index is 1.37. The van der Waals surface area contributed by atoms with Crippen LogP contribution in [0.1, 0.15) is 34.8 Å². The van der Waals surface area contributed by atoms with Crippen molar-refractivity contribution in [1.29, 1.82) is 0 Å². The molecule has 172 valence electrons. The van der Waals surface area contributed by atoms with Gasteiger partial charge in [0.25, 0.3) is 0 Å². The molecule has 3 heterocycles. The summed E-state index contributed by atoms with van der Waals surface area (Å²) in [4.78, 5) is 0. The lowest BCUT2D eigenvalue weighted by molar-refractivity contribution is -0.231. The van der Waals surface area contributed by atoms with Crippen molar-refractivity contribution in [3.8, 4) is 5.75 Å². The summed E-state index contributed by atoms with van der Waals surface area (Å²) in [6.45, 7) is 0.872. The molecule has 3 aliphatic rings. The van der Waals surface area contributed by atoms with Gasteiger partial charge in [0.15, 0.2) is 0 Å². The highest BCUT2D eigenvalue weighted by Crippen LogP contribution is 2.40. The van der Waals surface area contributed by atoms with Crippen LogP contribution in [0.5, 0.6) is 5.75 Å². The highest BCUT2D eigenvalue weighted by Gasteiger charge is 2.44. The largest absolute Gasteiger partial charge is 0.484 e. The number of fused-ring (bicyclic) bond motifs is 1. The zero-order valence-corrected chi connectivity index (χ0v) is 18.2. The van der Waals surface area contributed by atoms with Crippen LogP contribution in [0.4, 0.5) is 0 Å². The van der Waals surface area contributed by atoms with Crippen LogP contribution in [0.2, 0.25) is 5.02 Å². The van der Waals surface area contributed by atoms with Gasteiger partial charge in [0.1, 0.15) is 41.9 Å². The number of hydrogen-bond acceptors (Lipinski definition) is 7. The normalized spacial score (nSPS) is 34.0. The second-order valence-electron chi connectivity index (χ2n) is 8.98. The van der Waals surface area contributed by atoms with Crippen molar-refractivity contribution in [3.05, 3.63) is 63.7 Å². The Kier molecular flexibility index (Phi) is 5.92. The molecule has 0 amide bonds. The number of aliphatic hydroxyl groups is 4. The summed E-state index contributed by atoms with van der Waals surface area (Å²) in [6, 6.07) is 11.4. The minimum atomic E-state index is -1.42. The molecular weight excluding hydrogens is 436 g/mol. The van der Waals surface area contributed by atoms with Crippen LogP contribution in [-0.4, -0.2) is 70.3 Å². The average Bonchev–Trinajstić information content (AvgIpc) is 3.39. The number of halogens is 1. The first-order chi connectivity index (χ1) is 15.4. The molecule has 4 N–H and O–H groups in total. The van der Waals surface area contributed by atoms with Crippen molar-refractivity contribution < 1.29 is 34.6 Å². The first kappa shape index (κ1) is 22.1. The lowest BCUT2D eigenvalue weighted by Gasteiger charge is -2.40.